The fourth-order valence-electron chi connectivity index (χ4n) is 1.98. The maximum absolute atomic E-state index is 10.7. The Balaban J connectivity index is 2.30. The van der Waals surface area contributed by atoms with E-state index < -0.39 is 4.92 Å². The van der Waals surface area contributed by atoms with Gasteiger partial charge in [-0.2, -0.15) is 5.26 Å². The van der Waals surface area contributed by atoms with Crippen molar-refractivity contribution in [3.63, 3.8) is 0 Å². The molecule has 6 heteroatoms. The van der Waals surface area contributed by atoms with Crippen LogP contribution < -0.4 is 4.90 Å². The van der Waals surface area contributed by atoms with E-state index in [-0.39, 0.29) is 11.3 Å². The van der Waals surface area contributed by atoms with Gasteiger partial charge in [0.25, 0.3) is 5.69 Å². The molecule has 0 N–H and O–H groups in total. The number of hydrogen-bond acceptors (Lipinski definition) is 5. The van der Waals surface area contributed by atoms with Gasteiger partial charge in [0.1, 0.15) is 11.8 Å². The summed E-state index contributed by atoms with van der Waals surface area (Å²) in [6.07, 6.45) is 1.61. The lowest BCUT2D eigenvalue weighted by atomic mass is 10.1. The highest BCUT2D eigenvalue weighted by atomic mass is 16.6. The number of furan rings is 1. The van der Waals surface area contributed by atoms with Gasteiger partial charge in [0, 0.05) is 31.3 Å². The Morgan fingerprint density at radius 1 is 1.45 bits per heavy atom. The third-order valence-corrected chi connectivity index (χ3v) is 3.10. The highest BCUT2D eigenvalue weighted by Gasteiger charge is 2.14. The molecule has 20 heavy (non-hydrogen) atoms. The van der Waals surface area contributed by atoms with Crippen LogP contribution in [0.4, 0.5) is 11.4 Å². The Morgan fingerprint density at radius 2 is 2.20 bits per heavy atom. The van der Waals surface area contributed by atoms with E-state index in [0.29, 0.717) is 12.2 Å². The van der Waals surface area contributed by atoms with Crippen LogP contribution in [0.5, 0.6) is 0 Å². The number of nitro groups is 1. The van der Waals surface area contributed by atoms with Crippen molar-refractivity contribution in [3.8, 4) is 6.07 Å². The summed E-state index contributed by atoms with van der Waals surface area (Å²) in [7, 11) is 1.83. The summed E-state index contributed by atoms with van der Waals surface area (Å²) in [5.41, 5.74) is 1.86. The second-order valence-corrected chi connectivity index (χ2v) is 4.43. The van der Waals surface area contributed by atoms with Gasteiger partial charge in [-0.05, 0) is 19.1 Å². The Kier molecular flexibility index (Phi) is 3.71. The van der Waals surface area contributed by atoms with E-state index in [9.17, 15) is 10.1 Å². The van der Waals surface area contributed by atoms with Crippen LogP contribution in [-0.2, 0) is 6.54 Å². The lowest BCUT2D eigenvalue weighted by molar-refractivity contribution is -0.384. The van der Waals surface area contributed by atoms with Gasteiger partial charge in [0.15, 0.2) is 0 Å². The van der Waals surface area contributed by atoms with Crippen LogP contribution in [0.2, 0.25) is 0 Å². The summed E-state index contributed by atoms with van der Waals surface area (Å²) < 4.78 is 5.23. The molecule has 1 heterocycles. The molecule has 0 aliphatic heterocycles. The third kappa shape index (κ3) is 2.62. The van der Waals surface area contributed by atoms with Crippen LogP contribution in [0.3, 0.4) is 0 Å². The third-order valence-electron chi connectivity index (χ3n) is 3.10. The molecule has 0 spiro atoms. The first-order valence-corrected chi connectivity index (χ1v) is 5.95. The topological polar surface area (TPSA) is 83.3 Å². The Bertz CT molecular complexity index is 685. The zero-order valence-corrected chi connectivity index (χ0v) is 11.2. The molecule has 0 aliphatic rings. The molecule has 0 aliphatic carbocycles. The van der Waals surface area contributed by atoms with Gasteiger partial charge in [-0.25, -0.2) is 0 Å². The average molecular weight is 271 g/mol. The SMILES string of the molecule is Cc1occc1CN(C)c1ccc([N+](=O)[O-])cc1C#N. The molecule has 0 unspecified atom stereocenters. The summed E-state index contributed by atoms with van der Waals surface area (Å²) in [4.78, 5) is 12.1. The molecule has 1 aromatic carbocycles. The predicted octanol–water partition coefficient (Wildman–Crippen LogP) is 3.00. The van der Waals surface area contributed by atoms with Crippen molar-refractivity contribution < 1.29 is 9.34 Å². The van der Waals surface area contributed by atoms with E-state index in [1.165, 1.54) is 12.1 Å². The normalized spacial score (nSPS) is 10.1. The van der Waals surface area contributed by atoms with Gasteiger partial charge in [0.05, 0.1) is 22.4 Å². The van der Waals surface area contributed by atoms with Crippen molar-refractivity contribution in [2.24, 2.45) is 0 Å². The quantitative estimate of drug-likeness (QED) is 0.630. The lowest BCUT2D eigenvalue weighted by Gasteiger charge is -2.20. The number of non-ortho nitro benzene ring substituents is 1. The van der Waals surface area contributed by atoms with Gasteiger partial charge in [-0.15, -0.1) is 0 Å². The number of nitrogens with zero attached hydrogens (tertiary/aromatic N) is 3. The van der Waals surface area contributed by atoms with E-state index in [0.717, 1.165) is 11.3 Å². The molecule has 0 atom stereocenters. The number of anilines is 1. The molecule has 102 valence electrons. The number of hydrogen-bond donors (Lipinski definition) is 0. The van der Waals surface area contributed by atoms with E-state index >= 15 is 0 Å². The van der Waals surface area contributed by atoms with E-state index in [1.807, 2.05) is 31.0 Å². The Morgan fingerprint density at radius 3 is 2.75 bits per heavy atom. The fraction of sp³-hybridized carbons (Fsp3) is 0.214. The zero-order valence-electron chi connectivity index (χ0n) is 11.2. The molecule has 0 bridgehead atoms. The van der Waals surface area contributed by atoms with Crippen LogP contribution >= 0.6 is 0 Å². The Labute approximate surface area is 116 Å². The van der Waals surface area contributed by atoms with E-state index in [4.69, 9.17) is 9.68 Å². The average Bonchev–Trinajstić information content (AvgIpc) is 2.83. The highest BCUT2D eigenvalue weighted by Crippen LogP contribution is 2.25. The molecular formula is C14H13N3O3. The highest BCUT2D eigenvalue weighted by molar-refractivity contribution is 5.62. The molecule has 1 aromatic heterocycles. The van der Waals surface area contributed by atoms with Crippen LogP contribution in [0.1, 0.15) is 16.9 Å². The molecule has 6 nitrogen and oxygen atoms in total. The number of nitro benzene ring substituents is 1. The monoisotopic (exact) mass is 271 g/mol. The zero-order chi connectivity index (χ0) is 14.7. The molecule has 0 saturated carbocycles. The maximum atomic E-state index is 10.7. The van der Waals surface area contributed by atoms with Crippen molar-refractivity contribution in [2.45, 2.75) is 13.5 Å². The maximum Gasteiger partial charge on any atom is 0.270 e. The summed E-state index contributed by atoms with van der Waals surface area (Å²) >= 11 is 0. The van der Waals surface area contributed by atoms with Crippen LogP contribution in [0.15, 0.2) is 34.9 Å². The van der Waals surface area contributed by atoms with Crippen molar-refractivity contribution in [3.05, 3.63) is 57.5 Å². The molecule has 2 aromatic rings. The van der Waals surface area contributed by atoms with Crippen molar-refractivity contribution in [1.29, 1.82) is 5.26 Å². The standard InChI is InChI=1S/C14H13N3O3/c1-10-11(5-6-20-10)9-16(2)14-4-3-13(17(18)19)7-12(14)8-15/h3-7H,9H2,1-2H3. The molecule has 0 saturated heterocycles. The molecule has 0 amide bonds. The molecule has 0 fully saturated rings. The minimum Gasteiger partial charge on any atom is -0.469 e. The van der Waals surface area contributed by atoms with Crippen LogP contribution in [0, 0.1) is 28.4 Å². The van der Waals surface area contributed by atoms with Crippen molar-refractivity contribution in [1.82, 2.24) is 0 Å². The summed E-state index contributed by atoms with van der Waals surface area (Å²) in [6, 6.07) is 8.13. The predicted molar refractivity (Wildman–Crippen MR) is 73.4 cm³/mol. The molecule has 2 rings (SSSR count). The van der Waals surface area contributed by atoms with Gasteiger partial charge in [-0.1, -0.05) is 0 Å². The van der Waals surface area contributed by atoms with Gasteiger partial charge in [0.2, 0.25) is 0 Å². The number of nitriles is 1. The van der Waals surface area contributed by atoms with Crippen molar-refractivity contribution >= 4 is 11.4 Å². The number of rotatable bonds is 4. The summed E-state index contributed by atoms with van der Waals surface area (Å²) in [5, 5.41) is 19.9. The smallest absolute Gasteiger partial charge is 0.270 e. The van der Waals surface area contributed by atoms with E-state index in [2.05, 4.69) is 0 Å². The molecular weight excluding hydrogens is 258 g/mol. The van der Waals surface area contributed by atoms with Crippen molar-refractivity contribution in [2.75, 3.05) is 11.9 Å². The van der Waals surface area contributed by atoms with Gasteiger partial charge < -0.3 is 9.32 Å². The van der Waals surface area contributed by atoms with Crippen LogP contribution in [0.25, 0.3) is 0 Å². The number of benzene rings is 1. The minimum absolute atomic E-state index is 0.0850. The number of aryl methyl sites for hydroxylation is 1. The first-order valence-electron chi connectivity index (χ1n) is 5.95. The first-order chi connectivity index (χ1) is 9.52. The summed E-state index contributed by atoms with van der Waals surface area (Å²) in [6.45, 7) is 2.43. The lowest BCUT2D eigenvalue weighted by Crippen LogP contribution is -2.17. The van der Waals surface area contributed by atoms with Gasteiger partial charge in [-0.3, -0.25) is 10.1 Å². The fourth-order valence-corrected chi connectivity index (χ4v) is 1.98. The second kappa shape index (κ2) is 5.45. The first kappa shape index (κ1) is 13.6. The Hall–Kier alpha value is -2.81. The largest absolute Gasteiger partial charge is 0.469 e. The van der Waals surface area contributed by atoms with Crippen LogP contribution in [-0.4, -0.2) is 12.0 Å². The minimum atomic E-state index is -0.509. The van der Waals surface area contributed by atoms with Gasteiger partial charge >= 0.3 is 0 Å². The molecule has 0 radical (unpaired) electrons. The second-order valence-electron chi connectivity index (χ2n) is 4.43. The van der Waals surface area contributed by atoms with E-state index in [1.54, 1.807) is 12.3 Å². The summed E-state index contributed by atoms with van der Waals surface area (Å²) in [5.74, 6) is 0.817.